The number of amides is 1. The summed E-state index contributed by atoms with van der Waals surface area (Å²) < 4.78 is 5.17. The smallest absolute Gasteiger partial charge is 0.222 e. The lowest BCUT2D eigenvalue weighted by atomic mass is 10.3. The van der Waals surface area contributed by atoms with Crippen molar-refractivity contribution in [2.24, 2.45) is 0 Å². The van der Waals surface area contributed by atoms with Gasteiger partial charge >= 0.3 is 0 Å². The van der Waals surface area contributed by atoms with Crippen molar-refractivity contribution in [1.82, 2.24) is 4.90 Å². The van der Waals surface area contributed by atoms with Crippen molar-refractivity contribution in [3.05, 3.63) is 0 Å². The van der Waals surface area contributed by atoms with Gasteiger partial charge in [0.2, 0.25) is 5.91 Å². The van der Waals surface area contributed by atoms with Crippen LogP contribution in [0, 0.1) is 0 Å². The molecule has 1 fully saturated rings. The lowest BCUT2D eigenvalue weighted by Crippen LogP contribution is -2.40. The molecule has 0 aromatic carbocycles. The molecule has 76 valence electrons. The van der Waals surface area contributed by atoms with Crippen molar-refractivity contribution in [2.75, 3.05) is 32.1 Å². The van der Waals surface area contributed by atoms with Crippen molar-refractivity contribution < 1.29 is 9.53 Å². The van der Waals surface area contributed by atoms with E-state index in [1.807, 2.05) is 4.90 Å². The topological polar surface area (TPSA) is 29.5 Å². The largest absolute Gasteiger partial charge is 0.378 e. The quantitative estimate of drug-likeness (QED) is 0.439. The lowest BCUT2D eigenvalue weighted by molar-refractivity contribution is -0.135. The van der Waals surface area contributed by atoms with Crippen molar-refractivity contribution in [1.29, 1.82) is 0 Å². The molecule has 1 aliphatic rings. The Morgan fingerprint density at radius 3 is 2.77 bits per heavy atom. The van der Waals surface area contributed by atoms with Gasteiger partial charge in [0, 0.05) is 25.3 Å². The minimum atomic E-state index is 0.255. The molecule has 13 heavy (non-hydrogen) atoms. The summed E-state index contributed by atoms with van der Waals surface area (Å²) in [7, 11) is 1.49. The highest BCUT2D eigenvalue weighted by molar-refractivity contribution is 8.68. The van der Waals surface area contributed by atoms with Gasteiger partial charge in [-0.05, 0) is 6.42 Å². The van der Waals surface area contributed by atoms with E-state index in [1.165, 1.54) is 10.8 Å². The molecule has 0 bridgehead atoms. The molecular weight excluding hydrogens is 206 g/mol. The average molecular weight is 221 g/mol. The standard InChI is InChI=1S/C8H15NO2S2/c10-8(2-1-7-13-12)9-3-5-11-6-4-9/h12H,1-7H2. The highest BCUT2D eigenvalue weighted by atomic mass is 33.1. The van der Waals surface area contributed by atoms with E-state index in [2.05, 4.69) is 11.7 Å². The number of carbonyl (C=O) groups excluding carboxylic acids is 1. The molecule has 3 nitrogen and oxygen atoms in total. The molecule has 0 aliphatic carbocycles. The molecule has 0 unspecified atom stereocenters. The number of carbonyl (C=O) groups is 1. The molecular formula is C8H15NO2S2. The summed E-state index contributed by atoms with van der Waals surface area (Å²) in [6, 6.07) is 0. The minimum absolute atomic E-state index is 0.255. The third-order valence-corrected chi connectivity index (χ3v) is 3.01. The second kappa shape index (κ2) is 6.56. The molecule has 1 amide bonds. The molecule has 0 saturated carbocycles. The normalized spacial score (nSPS) is 17.5. The summed E-state index contributed by atoms with van der Waals surface area (Å²) in [5.41, 5.74) is 0. The van der Waals surface area contributed by atoms with Crippen LogP contribution < -0.4 is 0 Å². The van der Waals surface area contributed by atoms with E-state index in [0.717, 1.165) is 25.3 Å². The maximum absolute atomic E-state index is 11.5. The van der Waals surface area contributed by atoms with Crippen molar-refractivity contribution in [2.45, 2.75) is 12.8 Å². The van der Waals surface area contributed by atoms with E-state index in [9.17, 15) is 4.79 Å². The first-order valence-electron chi connectivity index (χ1n) is 4.46. The number of ether oxygens (including phenoxy) is 1. The van der Waals surface area contributed by atoms with Gasteiger partial charge in [-0.25, -0.2) is 0 Å². The van der Waals surface area contributed by atoms with Gasteiger partial charge in [0.05, 0.1) is 13.2 Å². The summed E-state index contributed by atoms with van der Waals surface area (Å²) in [5, 5.41) is 0. The maximum atomic E-state index is 11.5. The fourth-order valence-electron chi connectivity index (χ4n) is 1.26. The first-order valence-corrected chi connectivity index (χ1v) is 6.50. The van der Waals surface area contributed by atoms with Gasteiger partial charge in [0.1, 0.15) is 0 Å². The number of nitrogens with zero attached hydrogens (tertiary/aromatic N) is 1. The molecule has 0 N–H and O–H groups in total. The zero-order chi connectivity index (χ0) is 9.52. The van der Waals surface area contributed by atoms with Gasteiger partial charge in [0.25, 0.3) is 0 Å². The number of hydrogen-bond donors (Lipinski definition) is 1. The molecule has 0 aromatic heterocycles. The molecule has 5 heteroatoms. The average Bonchev–Trinajstić information content (AvgIpc) is 2.19. The van der Waals surface area contributed by atoms with Gasteiger partial charge in [-0.1, -0.05) is 10.8 Å². The van der Waals surface area contributed by atoms with Gasteiger partial charge in [-0.2, -0.15) is 0 Å². The van der Waals surface area contributed by atoms with Gasteiger partial charge in [-0.3, -0.25) is 4.79 Å². The van der Waals surface area contributed by atoms with Crippen molar-refractivity contribution in [3.63, 3.8) is 0 Å². The van der Waals surface area contributed by atoms with Crippen LogP contribution in [0.15, 0.2) is 0 Å². The van der Waals surface area contributed by atoms with Crippen LogP contribution in [-0.2, 0) is 9.53 Å². The molecule has 1 saturated heterocycles. The Bertz CT molecular complexity index is 160. The van der Waals surface area contributed by atoms with Crippen molar-refractivity contribution in [3.8, 4) is 0 Å². The number of morpholine rings is 1. The minimum Gasteiger partial charge on any atom is -0.378 e. The fourth-order valence-corrected chi connectivity index (χ4v) is 1.92. The molecule has 0 atom stereocenters. The lowest BCUT2D eigenvalue weighted by Gasteiger charge is -2.26. The van der Waals surface area contributed by atoms with Crippen LogP contribution >= 0.6 is 22.5 Å². The first-order chi connectivity index (χ1) is 6.34. The number of hydrogen-bond acceptors (Lipinski definition) is 4. The summed E-state index contributed by atoms with van der Waals surface area (Å²) in [6.07, 6.45) is 1.57. The van der Waals surface area contributed by atoms with Crippen LogP contribution in [0.5, 0.6) is 0 Å². The van der Waals surface area contributed by atoms with E-state index in [4.69, 9.17) is 4.74 Å². The molecule has 0 radical (unpaired) electrons. The van der Waals surface area contributed by atoms with Gasteiger partial charge in [-0.15, -0.1) is 11.7 Å². The van der Waals surface area contributed by atoms with E-state index >= 15 is 0 Å². The zero-order valence-corrected chi connectivity index (χ0v) is 9.28. The van der Waals surface area contributed by atoms with E-state index in [-0.39, 0.29) is 5.91 Å². The van der Waals surface area contributed by atoms with E-state index in [1.54, 1.807) is 0 Å². The molecule has 0 spiro atoms. The molecule has 1 aliphatic heterocycles. The highest BCUT2D eigenvalue weighted by Gasteiger charge is 2.15. The van der Waals surface area contributed by atoms with Crippen LogP contribution in [0.1, 0.15) is 12.8 Å². The summed E-state index contributed by atoms with van der Waals surface area (Å²) in [4.78, 5) is 13.4. The Hall–Kier alpha value is 0.130. The number of rotatable bonds is 4. The Morgan fingerprint density at radius 1 is 1.46 bits per heavy atom. The van der Waals surface area contributed by atoms with Crippen LogP contribution in [-0.4, -0.2) is 42.9 Å². The van der Waals surface area contributed by atoms with Crippen LogP contribution in [0.3, 0.4) is 0 Å². The Morgan fingerprint density at radius 2 is 2.15 bits per heavy atom. The molecule has 1 rings (SSSR count). The second-order valence-electron chi connectivity index (χ2n) is 2.93. The second-order valence-corrected chi connectivity index (χ2v) is 4.37. The monoisotopic (exact) mass is 221 g/mol. The van der Waals surface area contributed by atoms with Crippen LogP contribution in [0.2, 0.25) is 0 Å². The third-order valence-electron chi connectivity index (χ3n) is 1.99. The predicted molar refractivity (Wildman–Crippen MR) is 58.1 cm³/mol. The highest BCUT2D eigenvalue weighted by Crippen LogP contribution is 2.09. The predicted octanol–water partition coefficient (Wildman–Crippen LogP) is 1.20. The summed E-state index contributed by atoms with van der Waals surface area (Å²) in [6.45, 7) is 2.89. The molecule has 1 heterocycles. The summed E-state index contributed by atoms with van der Waals surface area (Å²) in [5.74, 6) is 1.20. The van der Waals surface area contributed by atoms with Gasteiger partial charge < -0.3 is 9.64 Å². The Kier molecular flexibility index (Phi) is 5.66. The Labute approximate surface area is 88.0 Å². The zero-order valence-electron chi connectivity index (χ0n) is 7.57. The third kappa shape index (κ3) is 4.24. The Balaban J connectivity index is 2.13. The summed E-state index contributed by atoms with van der Waals surface area (Å²) >= 11 is 4.02. The van der Waals surface area contributed by atoms with Crippen LogP contribution in [0.25, 0.3) is 0 Å². The SMILES string of the molecule is O=C(CCCSS)N1CCOCC1. The fraction of sp³-hybridized carbons (Fsp3) is 0.875. The maximum Gasteiger partial charge on any atom is 0.222 e. The van der Waals surface area contributed by atoms with Crippen LogP contribution in [0.4, 0.5) is 0 Å². The van der Waals surface area contributed by atoms with E-state index in [0.29, 0.717) is 19.6 Å². The molecule has 0 aromatic rings. The van der Waals surface area contributed by atoms with E-state index < -0.39 is 0 Å². The van der Waals surface area contributed by atoms with Gasteiger partial charge in [0.15, 0.2) is 0 Å². The first kappa shape index (κ1) is 11.2. The van der Waals surface area contributed by atoms with Crippen molar-refractivity contribution >= 4 is 28.4 Å². The number of thiol groups is 1.